The molecule has 22 heavy (non-hydrogen) atoms. The van der Waals surface area contributed by atoms with Crippen molar-refractivity contribution in [2.24, 2.45) is 4.99 Å². The Morgan fingerprint density at radius 2 is 1.91 bits per heavy atom. The average molecular weight is 313 g/mol. The molecular weight excluding hydrogens is 276 g/mol. The highest BCUT2D eigenvalue weighted by Crippen LogP contribution is 2.25. The van der Waals surface area contributed by atoms with Gasteiger partial charge in [-0.1, -0.05) is 20.3 Å². The first-order chi connectivity index (χ1) is 10.8. The molecule has 0 unspecified atom stereocenters. The lowest BCUT2D eigenvalue weighted by atomic mass is 10.4. The standard InChI is InChI=1S/C17H36N4O/c1-4-7-14-22-15-8-11-19-17(18-5-2)20-12-13-21(6-3)16-9-10-16/h16H,4-15H2,1-3H3,(H2,18,19,20). The maximum Gasteiger partial charge on any atom is 0.191 e. The van der Waals surface area contributed by atoms with Crippen LogP contribution in [0.5, 0.6) is 0 Å². The van der Waals surface area contributed by atoms with Gasteiger partial charge in [-0.3, -0.25) is 9.89 Å². The summed E-state index contributed by atoms with van der Waals surface area (Å²) in [7, 11) is 0. The third-order valence-corrected chi connectivity index (χ3v) is 3.86. The fraction of sp³-hybridized carbons (Fsp3) is 0.941. The van der Waals surface area contributed by atoms with Crippen molar-refractivity contribution in [3.63, 3.8) is 0 Å². The summed E-state index contributed by atoms with van der Waals surface area (Å²) >= 11 is 0. The molecule has 1 fully saturated rings. The monoisotopic (exact) mass is 312 g/mol. The van der Waals surface area contributed by atoms with E-state index in [2.05, 4.69) is 41.3 Å². The second kappa shape index (κ2) is 12.7. The van der Waals surface area contributed by atoms with E-state index in [4.69, 9.17) is 4.74 Å². The summed E-state index contributed by atoms with van der Waals surface area (Å²) in [4.78, 5) is 7.16. The molecule has 0 bridgehead atoms. The van der Waals surface area contributed by atoms with Crippen molar-refractivity contribution in [2.45, 2.75) is 58.9 Å². The molecule has 0 atom stereocenters. The van der Waals surface area contributed by atoms with Crippen LogP contribution in [0.3, 0.4) is 0 Å². The Kier molecular flexibility index (Phi) is 11.1. The fourth-order valence-corrected chi connectivity index (χ4v) is 2.40. The number of hydrogen-bond donors (Lipinski definition) is 2. The zero-order valence-electron chi connectivity index (χ0n) is 14.9. The van der Waals surface area contributed by atoms with Crippen LogP contribution in [-0.2, 0) is 4.74 Å². The van der Waals surface area contributed by atoms with Crippen LogP contribution in [0.1, 0.15) is 52.9 Å². The molecule has 0 spiro atoms. The Morgan fingerprint density at radius 1 is 1.14 bits per heavy atom. The number of nitrogens with one attached hydrogen (secondary N) is 2. The van der Waals surface area contributed by atoms with Gasteiger partial charge in [-0.15, -0.1) is 0 Å². The molecule has 0 amide bonds. The Labute approximate surface area is 136 Å². The summed E-state index contributed by atoms with van der Waals surface area (Å²) in [6, 6.07) is 0.839. The molecule has 5 nitrogen and oxygen atoms in total. The van der Waals surface area contributed by atoms with E-state index in [1.165, 1.54) is 19.3 Å². The number of likely N-dealkylation sites (N-methyl/N-ethyl adjacent to an activating group) is 1. The van der Waals surface area contributed by atoms with Crippen LogP contribution in [-0.4, -0.2) is 62.8 Å². The van der Waals surface area contributed by atoms with E-state index >= 15 is 0 Å². The Morgan fingerprint density at radius 3 is 2.55 bits per heavy atom. The maximum absolute atomic E-state index is 5.56. The van der Waals surface area contributed by atoms with E-state index in [9.17, 15) is 0 Å². The Balaban J connectivity index is 2.12. The lowest BCUT2D eigenvalue weighted by Crippen LogP contribution is -2.42. The van der Waals surface area contributed by atoms with Crippen molar-refractivity contribution < 1.29 is 4.74 Å². The van der Waals surface area contributed by atoms with Crippen LogP contribution >= 0.6 is 0 Å². The highest BCUT2D eigenvalue weighted by atomic mass is 16.5. The quantitative estimate of drug-likeness (QED) is 0.311. The normalized spacial score (nSPS) is 15.4. The van der Waals surface area contributed by atoms with Gasteiger partial charge in [-0.25, -0.2) is 0 Å². The summed E-state index contributed by atoms with van der Waals surface area (Å²) in [5.41, 5.74) is 0. The van der Waals surface area contributed by atoms with E-state index in [-0.39, 0.29) is 0 Å². The predicted molar refractivity (Wildman–Crippen MR) is 94.6 cm³/mol. The third-order valence-electron chi connectivity index (χ3n) is 3.86. The van der Waals surface area contributed by atoms with Gasteiger partial charge in [0.05, 0.1) is 0 Å². The van der Waals surface area contributed by atoms with Gasteiger partial charge in [-0.05, 0) is 39.2 Å². The van der Waals surface area contributed by atoms with E-state index < -0.39 is 0 Å². The van der Waals surface area contributed by atoms with Gasteiger partial charge in [0.2, 0.25) is 0 Å². The number of aliphatic imine (C=N–C) groups is 1. The molecule has 1 rings (SSSR count). The molecule has 5 heteroatoms. The second-order valence-corrected chi connectivity index (χ2v) is 5.87. The van der Waals surface area contributed by atoms with Crippen LogP contribution in [0.25, 0.3) is 0 Å². The van der Waals surface area contributed by atoms with Crippen LogP contribution in [0.15, 0.2) is 4.99 Å². The molecule has 1 aliphatic carbocycles. The van der Waals surface area contributed by atoms with Crippen molar-refractivity contribution in [2.75, 3.05) is 45.9 Å². The number of ether oxygens (including phenoxy) is 1. The lowest BCUT2D eigenvalue weighted by molar-refractivity contribution is 0.130. The number of unbranched alkanes of at least 4 members (excludes halogenated alkanes) is 1. The second-order valence-electron chi connectivity index (χ2n) is 5.87. The van der Waals surface area contributed by atoms with E-state index in [0.717, 1.165) is 70.8 Å². The highest BCUT2D eigenvalue weighted by molar-refractivity contribution is 5.79. The Hall–Kier alpha value is -0.810. The molecule has 0 heterocycles. The van der Waals surface area contributed by atoms with Crippen molar-refractivity contribution in [1.82, 2.24) is 15.5 Å². The van der Waals surface area contributed by atoms with Crippen molar-refractivity contribution in [3.05, 3.63) is 0 Å². The van der Waals surface area contributed by atoms with Crippen LogP contribution in [0.2, 0.25) is 0 Å². The summed E-state index contributed by atoms with van der Waals surface area (Å²) in [5, 5.41) is 6.75. The molecule has 0 aromatic rings. The number of guanidine groups is 1. The number of hydrogen-bond acceptors (Lipinski definition) is 3. The minimum absolute atomic E-state index is 0.814. The van der Waals surface area contributed by atoms with Gasteiger partial charge in [0.25, 0.3) is 0 Å². The van der Waals surface area contributed by atoms with Gasteiger partial charge >= 0.3 is 0 Å². The first-order valence-corrected chi connectivity index (χ1v) is 9.15. The van der Waals surface area contributed by atoms with Gasteiger partial charge in [0, 0.05) is 45.4 Å². The molecule has 1 saturated carbocycles. The molecule has 0 saturated heterocycles. The minimum atomic E-state index is 0.814. The summed E-state index contributed by atoms with van der Waals surface area (Å²) in [6.07, 6.45) is 6.09. The molecule has 0 radical (unpaired) electrons. The highest BCUT2D eigenvalue weighted by Gasteiger charge is 2.27. The van der Waals surface area contributed by atoms with E-state index in [1.54, 1.807) is 0 Å². The molecule has 0 aliphatic heterocycles. The predicted octanol–water partition coefficient (Wildman–Crippen LogP) is 2.23. The topological polar surface area (TPSA) is 48.9 Å². The summed E-state index contributed by atoms with van der Waals surface area (Å²) in [5.74, 6) is 0.933. The largest absolute Gasteiger partial charge is 0.381 e. The van der Waals surface area contributed by atoms with Crippen molar-refractivity contribution in [3.8, 4) is 0 Å². The smallest absolute Gasteiger partial charge is 0.191 e. The molecule has 2 N–H and O–H groups in total. The fourth-order valence-electron chi connectivity index (χ4n) is 2.40. The van der Waals surface area contributed by atoms with Crippen LogP contribution in [0, 0.1) is 0 Å². The first kappa shape index (κ1) is 19.2. The van der Waals surface area contributed by atoms with Crippen molar-refractivity contribution >= 4 is 5.96 Å². The lowest BCUT2D eigenvalue weighted by Gasteiger charge is -2.20. The Bertz CT molecular complexity index is 292. The maximum atomic E-state index is 5.56. The van der Waals surface area contributed by atoms with Gasteiger partial charge in [0.15, 0.2) is 5.96 Å². The first-order valence-electron chi connectivity index (χ1n) is 9.15. The van der Waals surface area contributed by atoms with Gasteiger partial charge in [0.1, 0.15) is 0 Å². The molecule has 1 aliphatic rings. The zero-order chi connectivity index (χ0) is 16.0. The van der Waals surface area contributed by atoms with E-state index in [1.807, 2.05) is 0 Å². The van der Waals surface area contributed by atoms with Gasteiger partial charge in [-0.2, -0.15) is 0 Å². The molecular formula is C17H36N4O. The zero-order valence-corrected chi connectivity index (χ0v) is 14.9. The number of nitrogens with zero attached hydrogens (tertiary/aromatic N) is 2. The SMILES string of the molecule is CCCCOCCCN=C(NCC)NCCN(CC)C1CC1. The van der Waals surface area contributed by atoms with Crippen LogP contribution in [0.4, 0.5) is 0 Å². The molecule has 130 valence electrons. The summed E-state index contributed by atoms with van der Waals surface area (Å²) < 4.78 is 5.56. The minimum Gasteiger partial charge on any atom is -0.381 e. The average Bonchev–Trinajstić information content (AvgIpc) is 3.35. The third kappa shape index (κ3) is 9.26. The summed E-state index contributed by atoms with van der Waals surface area (Å²) in [6.45, 7) is 13.2. The van der Waals surface area contributed by atoms with Gasteiger partial charge < -0.3 is 15.4 Å². The molecule has 0 aromatic heterocycles. The van der Waals surface area contributed by atoms with E-state index in [0.29, 0.717) is 0 Å². The van der Waals surface area contributed by atoms with Crippen molar-refractivity contribution in [1.29, 1.82) is 0 Å². The number of rotatable bonds is 13. The van der Waals surface area contributed by atoms with Crippen LogP contribution < -0.4 is 10.6 Å². The molecule has 0 aromatic carbocycles.